The van der Waals surface area contributed by atoms with E-state index in [-0.39, 0.29) is 30.3 Å². The van der Waals surface area contributed by atoms with Gasteiger partial charge in [0.1, 0.15) is 5.82 Å². The van der Waals surface area contributed by atoms with Crippen molar-refractivity contribution in [2.24, 2.45) is 0 Å². The van der Waals surface area contributed by atoms with Gasteiger partial charge in [0.15, 0.2) is 5.78 Å². The molecule has 0 spiro atoms. The molecule has 17 heavy (non-hydrogen) atoms. The second-order valence-electron chi connectivity index (χ2n) is 3.37. The summed E-state index contributed by atoms with van der Waals surface area (Å²) in [4.78, 5) is 21.8. The van der Waals surface area contributed by atoms with E-state index in [9.17, 15) is 14.0 Å². The van der Waals surface area contributed by atoms with E-state index >= 15 is 0 Å². The van der Waals surface area contributed by atoms with Crippen molar-refractivity contribution < 1.29 is 19.1 Å². The summed E-state index contributed by atoms with van der Waals surface area (Å²) in [5.41, 5.74) is 0.291. The minimum Gasteiger partial charge on any atom is -0.481 e. The second-order valence-corrected chi connectivity index (χ2v) is 3.78. The van der Waals surface area contributed by atoms with Crippen molar-refractivity contribution in [1.82, 2.24) is 5.32 Å². The minimum absolute atomic E-state index is 0.00472. The molecular formula is C11H11ClFNO3. The average molecular weight is 260 g/mol. The number of aliphatic carboxylic acids is 1. The summed E-state index contributed by atoms with van der Waals surface area (Å²) < 4.78 is 12.8. The van der Waals surface area contributed by atoms with E-state index in [0.29, 0.717) is 5.56 Å². The van der Waals surface area contributed by atoms with Gasteiger partial charge >= 0.3 is 5.97 Å². The van der Waals surface area contributed by atoms with Gasteiger partial charge in [0, 0.05) is 12.1 Å². The van der Waals surface area contributed by atoms with Crippen LogP contribution in [-0.2, 0) is 4.79 Å². The van der Waals surface area contributed by atoms with Crippen molar-refractivity contribution in [1.29, 1.82) is 0 Å². The summed E-state index contributed by atoms with van der Waals surface area (Å²) in [5, 5.41) is 11.0. The summed E-state index contributed by atoms with van der Waals surface area (Å²) >= 11 is 5.54. The Bertz CT molecular complexity index is 437. The third kappa shape index (κ3) is 4.50. The van der Waals surface area contributed by atoms with Crippen molar-refractivity contribution in [3.63, 3.8) is 0 Å². The van der Waals surface area contributed by atoms with Crippen molar-refractivity contribution in [3.8, 4) is 0 Å². The van der Waals surface area contributed by atoms with Crippen LogP contribution in [0.15, 0.2) is 18.2 Å². The topological polar surface area (TPSA) is 66.4 Å². The van der Waals surface area contributed by atoms with Gasteiger partial charge < -0.3 is 10.4 Å². The lowest BCUT2D eigenvalue weighted by Crippen LogP contribution is -2.25. The van der Waals surface area contributed by atoms with E-state index in [4.69, 9.17) is 16.7 Å². The molecule has 2 N–H and O–H groups in total. The summed E-state index contributed by atoms with van der Waals surface area (Å²) in [6, 6.07) is 3.70. The monoisotopic (exact) mass is 259 g/mol. The molecule has 0 aliphatic heterocycles. The fourth-order valence-corrected chi connectivity index (χ4v) is 1.35. The summed E-state index contributed by atoms with van der Waals surface area (Å²) in [6.07, 6.45) is -0.0581. The first-order valence-electron chi connectivity index (χ1n) is 4.91. The predicted molar refractivity (Wildman–Crippen MR) is 60.9 cm³/mol. The molecule has 6 heteroatoms. The molecular weight excluding hydrogens is 249 g/mol. The Morgan fingerprint density at radius 3 is 2.71 bits per heavy atom. The Labute approximate surface area is 102 Å². The standard InChI is InChI=1S/C11H11ClFNO3/c12-8-5-7(1-2-9(8)13)10(15)6-14-4-3-11(16)17/h1-2,5,14H,3-4,6H2,(H,16,17). The summed E-state index contributed by atoms with van der Waals surface area (Å²) in [7, 11) is 0. The van der Waals surface area contributed by atoms with Gasteiger partial charge in [0.2, 0.25) is 0 Å². The first-order chi connectivity index (χ1) is 8.00. The largest absolute Gasteiger partial charge is 0.481 e. The lowest BCUT2D eigenvalue weighted by Gasteiger charge is -2.03. The minimum atomic E-state index is -0.935. The van der Waals surface area contributed by atoms with Crippen LogP contribution in [0.2, 0.25) is 5.02 Å². The Morgan fingerprint density at radius 1 is 1.41 bits per heavy atom. The molecule has 0 heterocycles. The molecule has 0 aromatic heterocycles. The van der Waals surface area contributed by atoms with Crippen LogP contribution in [0.1, 0.15) is 16.8 Å². The maximum absolute atomic E-state index is 12.8. The van der Waals surface area contributed by atoms with Gasteiger partial charge in [-0.3, -0.25) is 9.59 Å². The van der Waals surface area contributed by atoms with Gasteiger partial charge in [0.25, 0.3) is 0 Å². The zero-order chi connectivity index (χ0) is 12.8. The van der Waals surface area contributed by atoms with E-state index in [2.05, 4.69) is 5.32 Å². The van der Waals surface area contributed by atoms with Crippen molar-refractivity contribution in [2.45, 2.75) is 6.42 Å². The Balaban J connectivity index is 2.47. The van der Waals surface area contributed by atoms with Crippen LogP contribution in [0.3, 0.4) is 0 Å². The molecule has 0 saturated heterocycles. The number of carbonyl (C=O) groups is 2. The van der Waals surface area contributed by atoms with Crippen LogP contribution in [0.4, 0.5) is 4.39 Å². The number of benzene rings is 1. The molecule has 0 aliphatic carbocycles. The smallest absolute Gasteiger partial charge is 0.304 e. The molecule has 0 radical (unpaired) electrons. The number of ketones is 1. The van der Waals surface area contributed by atoms with Crippen LogP contribution in [-0.4, -0.2) is 29.9 Å². The second kappa shape index (κ2) is 6.32. The van der Waals surface area contributed by atoms with Gasteiger partial charge in [-0.1, -0.05) is 11.6 Å². The molecule has 0 bridgehead atoms. The maximum Gasteiger partial charge on any atom is 0.304 e. The zero-order valence-corrected chi connectivity index (χ0v) is 9.63. The fourth-order valence-electron chi connectivity index (χ4n) is 1.17. The van der Waals surface area contributed by atoms with Crippen LogP contribution in [0, 0.1) is 5.82 Å². The van der Waals surface area contributed by atoms with Crippen molar-refractivity contribution >= 4 is 23.4 Å². The number of Topliss-reactive ketones (excluding diaryl/α,β-unsaturated/α-hetero) is 1. The predicted octanol–water partition coefficient (Wildman–Crippen LogP) is 1.73. The number of carboxylic acid groups (broad SMARTS) is 1. The van der Waals surface area contributed by atoms with Gasteiger partial charge in [-0.15, -0.1) is 0 Å². The Kier molecular flexibility index (Phi) is 5.06. The van der Waals surface area contributed by atoms with Crippen molar-refractivity contribution in [2.75, 3.05) is 13.1 Å². The molecule has 0 fully saturated rings. The number of carboxylic acids is 1. The van der Waals surface area contributed by atoms with E-state index in [0.717, 1.165) is 6.07 Å². The molecule has 1 aromatic carbocycles. The molecule has 0 atom stereocenters. The highest BCUT2D eigenvalue weighted by atomic mass is 35.5. The first kappa shape index (κ1) is 13.6. The lowest BCUT2D eigenvalue weighted by molar-refractivity contribution is -0.136. The summed E-state index contributed by atoms with van der Waals surface area (Å²) in [6.45, 7) is 0.200. The van der Waals surface area contributed by atoms with Crippen LogP contribution in [0.25, 0.3) is 0 Å². The molecule has 0 aliphatic rings. The molecule has 0 saturated carbocycles. The molecule has 0 unspecified atom stereocenters. The normalized spacial score (nSPS) is 10.2. The number of hydrogen-bond acceptors (Lipinski definition) is 3. The quantitative estimate of drug-likeness (QED) is 0.603. The Morgan fingerprint density at radius 2 is 2.12 bits per heavy atom. The third-order valence-electron chi connectivity index (χ3n) is 2.04. The average Bonchev–Trinajstić information content (AvgIpc) is 2.27. The van der Waals surface area contributed by atoms with Gasteiger partial charge in [0.05, 0.1) is 18.0 Å². The van der Waals surface area contributed by atoms with Gasteiger partial charge in [-0.05, 0) is 18.2 Å². The van der Waals surface area contributed by atoms with Crippen LogP contribution in [0.5, 0.6) is 0 Å². The van der Waals surface area contributed by atoms with E-state index < -0.39 is 11.8 Å². The van der Waals surface area contributed by atoms with Gasteiger partial charge in [-0.2, -0.15) is 0 Å². The maximum atomic E-state index is 12.8. The molecule has 0 amide bonds. The van der Waals surface area contributed by atoms with Crippen LogP contribution < -0.4 is 5.32 Å². The Hall–Kier alpha value is -1.46. The van der Waals surface area contributed by atoms with Gasteiger partial charge in [-0.25, -0.2) is 4.39 Å². The van der Waals surface area contributed by atoms with E-state index in [1.165, 1.54) is 12.1 Å². The highest BCUT2D eigenvalue weighted by Gasteiger charge is 2.08. The third-order valence-corrected chi connectivity index (χ3v) is 2.33. The van der Waals surface area contributed by atoms with E-state index in [1.807, 2.05) is 0 Å². The molecule has 1 rings (SSSR count). The molecule has 92 valence electrons. The molecule has 4 nitrogen and oxygen atoms in total. The number of halogens is 2. The van der Waals surface area contributed by atoms with Crippen molar-refractivity contribution in [3.05, 3.63) is 34.6 Å². The number of hydrogen-bond donors (Lipinski definition) is 2. The first-order valence-corrected chi connectivity index (χ1v) is 5.29. The molecule has 1 aromatic rings. The fraction of sp³-hybridized carbons (Fsp3) is 0.273. The highest BCUT2D eigenvalue weighted by Crippen LogP contribution is 2.16. The zero-order valence-electron chi connectivity index (χ0n) is 8.87. The summed E-state index contributed by atoms with van der Waals surface area (Å²) in [5.74, 6) is -1.78. The SMILES string of the molecule is O=C(O)CCNCC(=O)c1ccc(F)c(Cl)c1. The number of rotatable bonds is 6. The number of carbonyl (C=O) groups excluding carboxylic acids is 1. The highest BCUT2D eigenvalue weighted by molar-refractivity contribution is 6.31. The van der Waals surface area contributed by atoms with Crippen LogP contribution >= 0.6 is 11.6 Å². The van der Waals surface area contributed by atoms with E-state index in [1.54, 1.807) is 0 Å². The number of nitrogens with one attached hydrogen (secondary N) is 1. The lowest BCUT2D eigenvalue weighted by atomic mass is 10.1.